The van der Waals surface area contributed by atoms with Gasteiger partial charge in [-0.25, -0.2) is 0 Å². The highest BCUT2D eigenvalue weighted by molar-refractivity contribution is 9.10. The zero-order chi connectivity index (χ0) is 13.5. The van der Waals surface area contributed by atoms with Crippen molar-refractivity contribution in [2.75, 3.05) is 18.8 Å². The smallest absolute Gasteiger partial charge is 0.231 e. The fourth-order valence-corrected chi connectivity index (χ4v) is 2.40. The first-order valence-electron chi connectivity index (χ1n) is 6.07. The summed E-state index contributed by atoms with van der Waals surface area (Å²) in [6.07, 6.45) is 2.15. The number of primary amides is 1. The maximum atomic E-state index is 11.0. The number of nitrogens with zero attached hydrogens (tertiary/aromatic N) is 1. The molecule has 1 amide bonds. The summed E-state index contributed by atoms with van der Waals surface area (Å²) >= 11 is 3.42. The third-order valence-corrected chi connectivity index (χ3v) is 3.05. The third kappa shape index (κ3) is 5.51. The SMILES string of the molecule is CCCCN(CC(N)=O)Cc1cc(N)cc(Br)c1. The fraction of sp³-hybridized carbons (Fsp3) is 0.462. The molecule has 0 aliphatic carbocycles. The second kappa shape index (κ2) is 7.38. The van der Waals surface area contributed by atoms with Gasteiger partial charge in [-0.15, -0.1) is 0 Å². The molecule has 0 spiro atoms. The Morgan fingerprint density at radius 1 is 1.39 bits per heavy atom. The quantitative estimate of drug-likeness (QED) is 0.757. The lowest BCUT2D eigenvalue weighted by Crippen LogP contribution is -2.34. The van der Waals surface area contributed by atoms with Crippen LogP contribution in [-0.2, 0) is 11.3 Å². The molecule has 0 unspecified atom stereocenters. The lowest BCUT2D eigenvalue weighted by Gasteiger charge is -2.20. The van der Waals surface area contributed by atoms with Gasteiger partial charge in [-0.2, -0.15) is 0 Å². The molecule has 0 bridgehead atoms. The van der Waals surface area contributed by atoms with E-state index in [0.717, 1.165) is 29.4 Å². The molecule has 1 aromatic carbocycles. The van der Waals surface area contributed by atoms with Crippen LogP contribution in [0.3, 0.4) is 0 Å². The van der Waals surface area contributed by atoms with E-state index < -0.39 is 0 Å². The molecule has 100 valence electrons. The monoisotopic (exact) mass is 313 g/mol. The van der Waals surface area contributed by atoms with E-state index in [1.54, 1.807) is 0 Å². The Hall–Kier alpha value is -1.07. The summed E-state index contributed by atoms with van der Waals surface area (Å²) in [6.45, 7) is 3.96. The average molecular weight is 314 g/mol. The summed E-state index contributed by atoms with van der Waals surface area (Å²) < 4.78 is 0.951. The number of hydrogen-bond donors (Lipinski definition) is 2. The maximum Gasteiger partial charge on any atom is 0.231 e. The number of hydrogen-bond acceptors (Lipinski definition) is 3. The van der Waals surface area contributed by atoms with Crippen LogP contribution in [0.25, 0.3) is 0 Å². The van der Waals surface area contributed by atoms with Crippen LogP contribution in [0.2, 0.25) is 0 Å². The van der Waals surface area contributed by atoms with Gasteiger partial charge in [0, 0.05) is 16.7 Å². The number of amides is 1. The largest absolute Gasteiger partial charge is 0.399 e. The van der Waals surface area contributed by atoms with Crippen molar-refractivity contribution < 1.29 is 4.79 Å². The van der Waals surface area contributed by atoms with Gasteiger partial charge in [0.05, 0.1) is 6.54 Å². The Kier molecular flexibility index (Phi) is 6.15. The Morgan fingerprint density at radius 2 is 2.11 bits per heavy atom. The van der Waals surface area contributed by atoms with Crippen LogP contribution in [0.5, 0.6) is 0 Å². The number of carbonyl (C=O) groups is 1. The van der Waals surface area contributed by atoms with Crippen molar-refractivity contribution in [2.24, 2.45) is 5.73 Å². The fourth-order valence-electron chi connectivity index (χ4n) is 1.84. The van der Waals surface area contributed by atoms with Gasteiger partial charge in [0.1, 0.15) is 0 Å². The van der Waals surface area contributed by atoms with Crippen molar-refractivity contribution in [1.82, 2.24) is 4.90 Å². The summed E-state index contributed by atoms with van der Waals surface area (Å²) in [6, 6.07) is 5.79. The lowest BCUT2D eigenvalue weighted by molar-refractivity contribution is -0.119. The number of anilines is 1. The lowest BCUT2D eigenvalue weighted by atomic mass is 10.2. The van der Waals surface area contributed by atoms with E-state index in [9.17, 15) is 4.79 Å². The highest BCUT2D eigenvalue weighted by atomic mass is 79.9. The van der Waals surface area contributed by atoms with Crippen molar-refractivity contribution in [1.29, 1.82) is 0 Å². The minimum atomic E-state index is -0.297. The zero-order valence-electron chi connectivity index (χ0n) is 10.7. The number of halogens is 1. The average Bonchev–Trinajstić information content (AvgIpc) is 2.23. The van der Waals surface area contributed by atoms with Gasteiger partial charge in [0.2, 0.25) is 5.91 Å². The molecule has 0 aromatic heterocycles. The van der Waals surface area contributed by atoms with Crippen molar-refractivity contribution in [3.63, 3.8) is 0 Å². The van der Waals surface area contributed by atoms with Crippen LogP contribution >= 0.6 is 15.9 Å². The highest BCUT2D eigenvalue weighted by Crippen LogP contribution is 2.18. The number of benzene rings is 1. The summed E-state index contributed by atoms with van der Waals surface area (Å²) in [5.41, 5.74) is 12.9. The standard InChI is InChI=1S/C13H20BrN3O/c1-2-3-4-17(9-13(16)18)8-10-5-11(14)7-12(15)6-10/h5-7H,2-4,8-9,15H2,1H3,(H2,16,18). The van der Waals surface area contributed by atoms with Crippen molar-refractivity contribution in [2.45, 2.75) is 26.3 Å². The molecule has 1 rings (SSSR count). The molecule has 0 radical (unpaired) electrons. The van der Waals surface area contributed by atoms with Gasteiger partial charge >= 0.3 is 0 Å². The van der Waals surface area contributed by atoms with Crippen LogP contribution in [0, 0.1) is 0 Å². The Labute approximate surface area is 116 Å². The summed E-state index contributed by atoms with van der Waals surface area (Å²) in [5, 5.41) is 0. The third-order valence-electron chi connectivity index (χ3n) is 2.59. The Balaban J connectivity index is 2.71. The molecule has 0 aliphatic heterocycles. The van der Waals surface area contributed by atoms with Gasteiger partial charge in [0.15, 0.2) is 0 Å². The Bertz CT molecular complexity index is 389. The van der Waals surface area contributed by atoms with Gasteiger partial charge < -0.3 is 11.5 Å². The van der Waals surface area contributed by atoms with Crippen LogP contribution in [0.1, 0.15) is 25.3 Å². The zero-order valence-corrected chi connectivity index (χ0v) is 12.2. The van der Waals surface area contributed by atoms with E-state index in [2.05, 4.69) is 22.9 Å². The van der Waals surface area contributed by atoms with E-state index in [1.165, 1.54) is 0 Å². The first-order chi connectivity index (χ1) is 8.51. The summed E-state index contributed by atoms with van der Waals surface area (Å²) in [5.74, 6) is -0.297. The van der Waals surface area contributed by atoms with Crippen LogP contribution < -0.4 is 11.5 Å². The van der Waals surface area contributed by atoms with E-state index in [1.807, 2.05) is 23.1 Å². The van der Waals surface area contributed by atoms with Crippen molar-refractivity contribution in [3.8, 4) is 0 Å². The molecule has 18 heavy (non-hydrogen) atoms. The van der Waals surface area contributed by atoms with Crippen LogP contribution in [0.4, 0.5) is 5.69 Å². The molecule has 4 N–H and O–H groups in total. The Morgan fingerprint density at radius 3 is 2.67 bits per heavy atom. The normalized spacial score (nSPS) is 10.8. The topological polar surface area (TPSA) is 72.3 Å². The molecule has 0 fully saturated rings. The van der Waals surface area contributed by atoms with Gasteiger partial charge in [-0.3, -0.25) is 9.69 Å². The van der Waals surface area contributed by atoms with E-state index >= 15 is 0 Å². The van der Waals surface area contributed by atoms with Crippen LogP contribution in [0.15, 0.2) is 22.7 Å². The number of unbranched alkanes of at least 4 members (excludes halogenated alkanes) is 1. The van der Waals surface area contributed by atoms with E-state index in [0.29, 0.717) is 12.2 Å². The second-order valence-electron chi connectivity index (χ2n) is 4.42. The molecular formula is C13H20BrN3O. The minimum Gasteiger partial charge on any atom is -0.399 e. The molecule has 4 nitrogen and oxygen atoms in total. The molecule has 0 saturated carbocycles. The number of nitrogen functional groups attached to an aromatic ring is 1. The first kappa shape index (κ1) is 15.0. The predicted molar refractivity (Wildman–Crippen MR) is 77.9 cm³/mol. The first-order valence-corrected chi connectivity index (χ1v) is 6.86. The van der Waals surface area contributed by atoms with Crippen molar-refractivity contribution in [3.05, 3.63) is 28.2 Å². The molecule has 5 heteroatoms. The van der Waals surface area contributed by atoms with Crippen molar-refractivity contribution >= 4 is 27.5 Å². The molecule has 1 aromatic rings. The molecule has 0 saturated heterocycles. The second-order valence-corrected chi connectivity index (χ2v) is 5.34. The maximum absolute atomic E-state index is 11.0. The van der Waals surface area contributed by atoms with Crippen LogP contribution in [-0.4, -0.2) is 23.9 Å². The summed E-state index contributed by atoms with van der Waals surface area (Å²) in [4.78, 5) is 13.1. The minimum absolute atomic E-state index is 0.284. The number of carbonyl (C=O) groups excluding carboxylic acids is 1. The van der Waals surface area contributed by atoms with Gasteiger partial charge in [-0.1, -0.05) is 29.3 Å². The van der Waals surface area contributed by atoms with E-state index in [4.69, 9.17) is 11.5 Å². The number of rotatable bonds is 7. The van der Waals surface area contributed by atoms with Gasteiger partial charge in [0.25, 0.3) is 0 Å². The number of nitrogens with two attached hydrogens (primary N) is 2. The predicted octanol–water partition coefficient (Wildman–Crippen LogP) is 2.12. The molecule has 0 heterocycles. The molecule has 0 atom stereocenters. The highest BCUT2D eigenvalue weighted by Gasteiger charge is 2.09. The summed E-state index contributed by atoms with van der Waals surface area (Å²) in [7, 11) is 0. The molecule has 0 aliphatic rings. The van der Waals surface area contributed by atoms with E-state index in [-0.39, 0.29) is 12.5 Å². The molecular weight excluding hydrogens is 294 g/mol. The van der Waals surface area contributed by atoms with Gasteiger partial charge in [-0.05, 0) is 36.7 Å².